The third kappa shape index (κ3) is 3.75. The molecule has 3 rings (SSSR count). The van der Waals surface area contributed by atoms with Gasteiger partial charge in [-0.1, -0.05) is 78.4 Å². The molecule has 0 saturated carbocycles. The van der Waals surface area contributed by atoms with Crippen LogP contribution in [0.15, 0.2) is 59.1 Å². The van der Waals surface area contributed by atoms with Crippen LogP contribution in [0.25, 0.3) is 11.3 Å². The number of unbranched alkanes of at least 4 members (excludes halogenated alkanes) is 1. The quantitative estimate of drug-likeness (QED) is 0.603. The Morgan fingerprint density at radius 3 is 2.42 bits per heavy atom. The molecule has 0 bridgehead atoms. The third-order valence-electron chi connectivity index (χ3n) is 3.95. The summed E-state index contributed by atoms with van der Waals surface area (Å²) in [6, 6.07) is 18.3. The van der Waals surface area contributed by atoms with E-state index in [0.29, 0.717) is 0 Å². The van der Waals surface area contributed by atoms with Crippen molar-refractivity contribution in [3.05, 3.63) is 77.0 Å². The lowest BCUT2D eigenvalue weighted by molar-refractivity contribution is 0.381. The molecule has 0 N–H and O–H groups in total. The lowest BCUT2D eigenvalue weighted by Crippen LogP contribution is -1.88. The summed E-state index contributed by atoms with van der Waals surface area (Å²) in [5, 5.41) is 4.29. The van der Waals surface area contributed by atoms with E-state index in [1.807, 2.05) is 42.5 Å². The van der Waals surface area contributed by atoms with Crippen molar-refractivity contribution in [2.45, 2.75) is 33.1 Å². The summed E-state index contributed by atoms with van der Waals surface area (Å²) in [6.45, 7) is 4.25. The summed E-state index contributed by atoms with van der Waals surface area (Å²) < 4.78 is 5.61. The number of nitrogens with zero attached hydrogens (tertiary/aromatic N) is 1. The van der Waals surface area contributed by atoms with Crippen molar-refractivity contribution in [2.75, 3.05) is 0 Å². The van der Waals surface area contributed by atoms with Crippen molar-refractivity contribution in [2.24, 2.45) is 0 Å². The van der Waals surface area contributed by atoms with E-state index in [4.69, 9.17) is 4.52 Å². The summed E-state index contributed by atoms with van der Waals surface area (Å²) in [7, 11) is 0. The number of aromatic nitrogens is 1. The van der Waals surface area contributed by atoms with Crippen LogP contribution in [-0.2, 0) is 6.42 Å². The van der Waals surface area contributed by atoms with Gasteiger partial charge in [-0.3, -0.25) is 0 Å². The molecule has 0 radical (unpaired) electrons. The molecule has 1 aromatic heterocycles. The Morgan fingerprint density at radius 2 is 1.71 bits per heavy atom. The van der Waals surface area contributed by atoms with Crippen LogP contribution in [0.4, 0.5) is 0 Å². The summed E-state index contributed by atoms with van der Waals surface area (Å²) in [5.41, 5.74) is 5.02. The predicted octanol–water partition coefficient (Wildman–Crippen LogP) is 5.39. The van der Waals surface area contributed by atoms with Gasteiger partial charge < -0.3 is 4.52 Å². The van der Waals surface area contributed by atoms with E-state index in [1.165, 1.54) is 5.56 Å². The summed E-state index contributed by atoms with van der Waals surface area (Å²) in [5.74, 6) is 7.43. The first kappa shape index (κ1) is 16.1. The second-order valence-electron chi connectivity index (χ2n) is 5.91. The van der Waals surface area contributed by atoms with Crippen molar-refractivity contribution in [1.29, 1.82) is 0 Å². The van der Waals surface area contributed by atoms with Gasteiger partial charge in [0.25, 0.3) is 0 Å². The number of benzene rings is 2. The van der Waals surface area contributed by atoms with Gasteiger partial charge in [0.2, 0.25) is 0 Å². The zero-order chi connectivity index (χ0) is 16.8. The van der Waals surface area contributed by atoms with E-state index < -0.39 is 0 Å². The smallest absolute Gasteiger partial charge is 0.153 e. The molecule has 0 saturated heterocycles. The molecule has 0 unspecified atom stereocenters. The molecule has 2 nitrogen and oxygen atoms in total. The first-order valence-electron chi connectivity index (χ1n) is 8.40. The first-order valence-corrected chi connectivity index (χ1v) is 8.40. The van der Waals surface area contributed by atoms with E-state index in [9.17, 15) is 0 Å². The van der Waals surface area contributed by atoms with Gasteiger partial charge in [-0.05, 0) is 25.5 Å². The van der Waals surface area contributed by atoms with Crippen LogP contribution in [0, 0.1) is 18.8 Å². The van der Waals surface area contributed by atoms with E-state index in [0.717, 1.165) is 47.4 Å². The van der Waals surface area contributed by atoms with Gasteiger partial charge >= 0.3 is 0 Å². The van der Waals surface area contributed by atoms with Gasteiger partial charge in [0.05, 0.1) is 5.56 Å². The highest BCUT2D eigenvalue weighted by Gasteiger charge is 2.15. The second-order valence-corrected chi connectivity index (χ2v) is 5.91. The lowest BCUT2D eigenvalue weighted by atomic mass is 10.0. The monoisotopic (exact) mass is 315 g/mol. The fourth-order valence-electron chi connectivity index (χ4n) is 2.53. The Hall–Kier alpha value is -2.79. The van der Waals surface area contributed by atoms with Crippen LogP contribution in [0.2, 0.25) is 0 Å². The fraction of sp³-hybridized carbons (Fsp3) is 0.227. The molecule has 2 aromatic carbocycles. The van der Waals surface area contributed by atoms with Crippen LogP contribution in [0.3, 0.4) is 0 Å². The highest BCUT2D eigenvalue weighted by atomic mass is 16.5. The topological polar surface area (TPSA) is 26.0 Å². The Labute approximate surface area is 143 Å². The number of aryl methyl sites for hydroxylation is 2. The Bertz CT molecular complexity index is 848. The number of hydrogen-bond acceptors (Lipinski definition) is 2. The molecule has 3 aromatic rings. The van der Waals surface area contributed by atoms with Gasteiger partial charge in [-0.25, -0.2) is 0 Å². The Kier molecular flexibility index (Phi) is 5.13. The average Bonchev–Trinajstić information content (AvgIpc) is 3.03. The number of rotatable bonds is 4. The number of hydrogen-bond donors (Lipinski definition) is 0. The molecular formula is C22H21NO. The van der Waals surface area contributed by atoms with Crippen molar-refractivity contribution in [3.63, 3.8) is 0 Å². The molecule has 1 heterocycles. The maximum Gasteiger partial charge on any atom is 0.153 e. The van der Waals surface area contributed by atoms with Crippen molar-refractivity contribution in [1.82, 2.24) is 5.16 Å². The summed E-state index contributed by atoms with van der Waals surface area (Å²) in [4.78, 5) is 0. The molecule has 0 fully saturated rings. The molecule has 0 aliphatic carbocycles. The maximum absolute atomic E-state index is 5.61. The van der Waals surface area contributed by atoms with Gasteiger partial charge in [0, 0.05) is 17.5 Å². The van der Waals surface area contributed by atoms with E-state index >= 15 is 0 Å². The molecule has 0 amide bonds. The fourth-order valence-corrected chi connectivity index (χ4v) is 2.53. The maximum atomic E-state index is 5.61. The first-order chi connectivity index (χ1) is 11.8. The average molecular weight is 315 g/mol. The van der Waals surface area contributed by atoms with Gasteiger partial charge in [0.15, 0.2) is 5.76 Å². The van der Waals surface area contributed by atoms with Crippen LogP contribution in [-0.4, -0.2) is 5.16 Å². The zero-order valence-corrected chi connectivity index (χ0v) is 14.2. The molecule has 0 aliphatic rings. The highest BCUT2D eigenvalue weighted by molar-refractivity contribution is 5.68. The second kappa shape index (κ2) is 7.66. The standard InChI is InChI=1S/C22H21NO/c1-3-4-10-21-20(16-15-18-13-11-17(2)12-14-18)22(23-24-21)19-8-6-5-7-9-19/h5-9,11-14H,3-4,10H2,1-2H3. The molecule has 2 heteroatoms. The molecule has 24 heavy (non-hydrogen) atoms. The van der Waals surface area contributed by atoms with Gasteiger partial charge in [-0.15, -0.1) is 0 Å². The predicted molar refractivity (Wildman–Crippen MR) is 97.7 cm³/mol. The summed E-state index contributed by atoms with van der Waals surface area (Å²) in [6.07, 6.45) is 3.06. The van der Waals surface area contributed by atoms with E-state index in [-0.39, 0.29) is 0 Å². The van der Waals surface area contributed by atoms with Crippen molar-refractivity contribution < 1.29 is 4.52 Å². The van der Waals surface area contributed by atoms with Crippen LogP contribution in [0.1, 0.15) is 42.2 Å². The Balaban J connectivity index is 2.00. The lowest BCUT2D eigenvalue weighted by Gasteiger charge is -1.98. The minimum Gasteiger partial charge on any atom is -0.359 e. The Morgan fingerprint density at radius 1 is 0.958 bits per heavy atom. The molecule has 120 valence electrons. The largest absolute Gasteiger partial charge is 0.359 e. The SMILES string of the molecule is CCCCc1onc(-c2ccccc2)c1C#Cc1ccc(C)cc1. The minimum absolute atomic E-state index is 0.835. The van der Waals surface area contributed by atoms with Gasteiger partial charge in [0.1, 0.15) is 5.69 Å². The molecule has 0 spiro atoms. The molecular weight excluding hydrogens is 294 g/mol. The van der Waals surface area contributed by atoms with Crippen LogP contribution < -0.4 is 0 Å². The van der Waals surface area contributed by atoms with Crippen molar-refractivity contribution >= 4 is 0 Å². The highest BCUT2D eigenvalue weighted by Crippen LogP contribution is 2.25. The van der Waals surface area contributed by atoms with Crippen LogP contribution in [0.5, 0.6) is 0 Å². The zero-order valence-electron chi connectivity index (χ0n) is 14.2. The normalized spacial score (nSPS) is 10.2. The van der Waals surface area contributed by atoms with Crippen molar-refractivity contribution in [3.8, 4) is 23.1 Å². The van der Waals surface area contributed by atoms with E-state index in [2.05, 4.69) is 43.0 Å². The minimum atomic E-state index is 0.835. The van der Waals surface area contributed by atoms with Gasteiger partial charge in [-0.2, -0.15) is 0 Å². The van der Waals surface area contributed by atoms with E-state index in [1.54, 1.807) is 0 Å². The molecule has 0 aliphatic heterocycles. The summed E-state index contributed by atoms with van der Waals surface area (Å²) >= 11 is 0. The molecule has 0 atom stereocenters. The third-order valence-corrected chi connectivity index (χ3v) is 3.95. The van der Waals surface area contributed by atoms with Crippen LogP contribution >= 0.6 is 0 Å².